The molecule has 0 atom stereocenters. The van der Waals surface area contributed by atoms with Crippen LogP contribution in [-0.2, 0) is 11.2 Å². The predicted molar refractivity (Wildman–Crippen MR) is 149 cm³/mol. The highest BCUT2D eigenvalue weighted by Gasteiger charge is 2.24. The molecule has 3 aromatic carbocycles. The van der Waals surface area contributed by atoms with Crippen LogP contribution in [0.1, 0.15) is 53.6 Å². The highest BCUT2D eigenvalue weighted by Crippen LogP contribution is 2.32. The van der Waals surface area contributed by atoms with E-state index in [1.807, 2.05) is 24.3 Å². The fourth-order valence-electron chi connectivity index (χ4n) is 4.37. The van der Waals surface area contributed by atoms with Crippen molar-refractivity contribution in [2.45, 2.75) is 44.6 Å². The zero-order valence-electron chi connectivity index (χ0n) is 21.4. The first-order valence-electron chi connectivity index (χ1n) is 13.0. The second-order valence-electron chi connectivity index (χ2n) is 9.69. The van der Waals surface area contributed by atoms with Gasteiger partial charge in [0.15, 0.2) is 0 Å². The molecule has 1 saturated heterocycles. The lowest BCUT2D eigenvalue weighted by Crippen LogP contribution is -2.22. The third-order valence-corrected chi connectivity index (χ3v) is 6.97. The van der Waals surface area contributed by atoms with E-state index in [0.29, 0.717) is 11.7 Å². The van der Waals surface area contributed by atoms with E-state index in [4.69, 9.17) is 27.3 Å². The van der Waals surface area contributed by atoms with Crippen LogP contribution in [-0.4, -0.2) is 42.3 Å². The molecule has 196 valence electrons. The summed E-state index contributed by atoms with van der Waals surface area (Å²) in [4.78, 5) is 24.7. The van der Waals surface area contributed by atoms with E-state index in [1.54, 1.807) is 36.4 Å². The van der Waals surface area contributed by atoms with Gasteiger partial charge in [0.05, 0.1) is 22.8 Å². The number of benzene rings is 3. The Hall–Kier alpha value is -3.66. The average Bonchev–Trinajstić information content (AvgIpc) is 3.61. The molecule has 0 spiro atoms. The second kappa shape index (κ2) is 13.2. The molecule has 5 rings (SSSR count). The quantitative estimate of drug-likeness (QED) is 0.279. The zero-order valence-corrected chi connectivity index (χ0v) is 22.1. The van der Waals surface area contributed by atoms with Crippen LogP contribution in [0.15, 0.2) is 66.7 Å². The molecule has 38 heavy (non-hydrogen) atoms. The van der Waals surface area contributed by atoms with Gasteiger partial charge < -0.3 is 15.4 Å². The van der Waals surface area contributed by atoms with Gasteiger partial charge in [-0.25, -0.2) is 0 Å². The molecule has 0 bridgehead atoms. The number of carbonyl (C=O) groups excluding carboxylic acids is 2. The highest BCUT2D eigenvalue weighted by atomic mass is 35.5. The van der Waals surface area contributed by atoms with Gasteiger partial charge in [0, 0.05) is 5.56 Å². The molecule has 2 N–H and O–H groups in total. The van der Waals surface area contributed by atoms with Crippen molar-refractivity contribution in [3.05, 3.63) is 88.4 Å². The van der Waals surface area contributed by atoms with Crippen LogP contribution < -0.4 is 10.5 Å². The fourth-order valence-corrected chi connectivity index (χ4v) is 4.62. The Kier molecular flexibility index (Phi) is 9.53. The van der Waals surface area contributed by atoms with Crippen LogP contribution in [0.3, 0.4) is 0 Å². The summed E-state index contributed by atoms with van der Waals surface area (Å²) in [6.07, 6.45) is 7.84. The minimum atomic E-state index is -0.967. The van der Waals surface area contributed by atoms with Crippen LogP contribution in [0.5, 0.6) is 5.75 Å². The number of amides is 1. The number of aryl methyl sites for hydroxylation is 1. The van der Waals surface area contributed by atoms with E-state index < -0.39 is 11.7 Å². The van der Waals surface area contributed by atoms with Gasteiger partial charge in [0.25, 0.3) is 5.91 Å². The molecule has 1 aliphatic heterocycles. The molecule has 1 aliphatic carbocycles. The van der Waals surface area contributed by atoms with Crippen molar-refractivity contribution in [1.82, 2.24) is 4.90 Å². The topological polar surface area (TPSA) is 96.4 Å². The second-order valence-corrected chi connectivity index (χ2v) is 10.1. The van der Waals surface area contributed by atoms with Gasteiger partial charge in [0.1, 0.15) is 5.75 Å². The largest absolute Gasteiger partial charge is 0.489 e. The molecule has 0 radical (unpaired) electrons. The van der Waals surface area contributed by atoms with Crippen LogP contribution >= 0.6 is 11.6 Å². The first kappa shape index (κ1) is 27.4. The van der Waals surface area contributed by atoms with Crippen molar-refractivity contribution >= 4 is 23.3 Å². The normalized spacial score (nSPS) is 14.7. The summed E-state index contributed by atoms with van der Waals surface area (Å²) in [5.74, 6) is -0.815. The molecule has 2 fully saturated rings. The average molecular weight is 530 g/mol. The number of Topliss-reactive ketones (excluding diaryl/α,β-unsaturated/α-hetero) is 1. The Bertz CT molecular complexity index is 1290. The monoisotopic (exact) mass is 529 g/mol. The lowest BCUT2D eigenvalue weighted by molar-refractivity contribution is -0.114. The Morgan fingerprint density at radius 1 is 0.974 bits per heavy atom. The van der Waals surface area contributed by atoms with Crippen molar-refractivity contribution in [1.29, 1.82) is 5.26 Å². The number of hydrogen-bond acceptors (Lipinski definition) is 5. The lowest BCUT2D eigenvalue weighted by Gasteiger charge is -2.14. The molecular formula is C31H32ClN3O3. The van der Waals surface area contributed by atoms with Crippen molar-refractivity contribution in [3.8, 4) is 22.9 Å². The standard InChI is InChI=1S/C16H22ClNO.C15H10N2O2/c17-15-12-13(4-3-11-18-9-1-2-10-18)5-8-16(15)19-14-6-7-14;16-9-10-1-3-11(4-2-10)12-5-7-13(8-6-12)14(18)15(17)19/h5,8,12,14H,1-4,6-7,9-11H2;1-8H,(H2,17,19). The molecule has 0 unspecified atom stereocenters. The van der Waals surface area contributed by atoms with Crippen molar-refractivity contribution < 1.29 is 14.3 Å². The van der Waals surface area contributed by atoms with E-state index in [2.05, 4.69) is 17.0 Å². The molecule has 6 nitrogen and oxygen atoms in total. The summed E-state index contributed by atoms with van der Waals surface area (Å²) < 4.78 is 5.76. The van der Waals surface area contributed by atoms with Gasteiger partial charge in [-0.05, 0) is 99.1 Å². The van der Waals surface area contributed by atoms with Gasteiger partial charge in [0.2, 0.25) is 5.78 Å². The van der Waals surface area contributed by atoms with Crippen molar-refractivity contribution in [2.75, 3.05) is 19.6 Å². The summed E-state index contributed by atoms with van der Waals surface area (Å²) >= 11 is 6.27. The number of halogens is 1. The molecular weight excluding hydrogens is 498 g/mol. The SMILES string of the molecule is Clc1cc(CCCN2CCCC2)ccc1OC1CC1.N#Cc1ccc(-c2ccc(C(=O)C(N)=O)cc2)cc1. The van der Waals surface area contributed by atoms with Gasteiger partial charge in [-0.2, -0.15) is 5.26 Å². The van der Waals surface area contributed by atoms with Crippen molar-refractivity contribution in [3.63, 3.8) is 0 Å². The number of carbonyl (C=O) groups is 2. The third kappa shape index (κ3) is 7.92. The number of likely N-dealkylation sites (tertiary alicyclic amines) is 1. The number of rotatable bonds is 9. The van der Waals surface area contributed by atoms with Crippen molar-refractivity contribution in [2.24, 2.45) is 5.73 Å². The number of hydrogen-bond donors (Lipinski definition) is 1. The first-order chi connectivity index (χ1) is 18.4. The van der Waals surface area contributed by atoms with Gasteiger partial charge in [-0.3, -0.25) is 9.59 Å². The van der Waals surface area contributed by atoms with Gasteiger partial charge in [-0.1, -0.05) is 54.1 Å². The van der Waals surface area contributed by atoms with Crippen LogP contribution in [0.25, 0.3) is 11.1 Å². The van der Waals surface area contributed by atoms with E-state index >= 15 is 0 Å². The maximum Gasteiger partial charge on any atom is 0.289 e. The van der Waals surface area contributed by atoms with E-state index in [0.717, 1.165) is 28.3 Å². The first-order valence-corrected chi connectivity index (χ1v) is 13.4. The number of primary amides is 1. The molecule has 1 amide bonds. The zero-order chi connectivity index (χ0) is 26.9. The van der Waals surface area contributed by atoms with Gasteiger partial charge >= 0.3 is 0 Å². The summed E-state index contributed by atoms with van der Waals surface area (Å²) in [5, 5.41) is 9.49. The highest BCUT2D eigenvalue weighted by molar-refractivity contribution is 6.42. The maximum atomic E-state index is 11.4. The number of nitrogens with zero attached hydrogens (tertiary/aromatic N) is 2. The van der Waals surface area contributed by atoms with Gasteiger partial charge in [-0.15, -0.1) is 0 Å². The van der Waals surface area contributed by atoms with E-state index in [1.165, 1.54) is 57.3 Å². The fraction of sp³-hybridized carbons (Fsp3) is 0.323. The lowest BCUT2D eigenvalue weighted by atomic mass is 10.0. The Morgan fingerprint density at radius 3 is 2.16 bits per heavy atom. The molecule has 2 aliphatic rings. The maximum absolute atomic E-state index is 11.4. The summed E-state index contributed by atoms with van der Waals surface area (Å²) in [6.45, 7) is 3.79. The molecule has 0 aromatic heterocycles. The van der Waals surface area contributed by atoms with E-state index in [9.17, 15) is 9.59 Å². The van der Waals surface area contributed by atoms with E-state index in [-0.39, 0.29) is 5.56 Å². The summed E-state index contributed by atoms with van der Waals surface area (Å²) in [6, 6.07) is 22.0. The third-order valence-electron chi connectivity index (χ3n) is 6.67. The Morgan fingerprint density at radius 2 is 1.61 bits per heavy atom. The number of nitriles is 1. The molecule has 3 aromatic rings. The summed E-state index contributed by atoms with van der Waals surface area (Å²) in [5.41, 5.74) is 8.93. The Labute approximate surface area is 229 Å². The predicted octanol–water partition coefficient (Wildman–Crippen LogP) is 5.80. The number of nitrogens with two attached hydrogens (primary N) is 1. The number of ketones is 1. The molecule has 7 heteroatoms. The Balaban J connectivity index is 0.000000177. The minimum absolute atomic E-state index is 0.268. The van der Waals surface area contributed by atoms with Crippen LogP contribution in [0.4, 0.5) is 0 Å². The minimum Gasteiger partial charge on any atom is -0.489 e. The van der Waals surface area contributed by atoms with Crippen LogP contribution in [0, 0.1) is 11.3 Å². The summed E-state index contributed by atoms with van der Waals surface area (Å²) in [7, 11) is 0. The van der Waals surface area contributed by atoms with Crippen LogP contribution in [0.2, 0.25) is 5.02 Å². The molecule has 1 heterocycles. The number of ether oxygens (including phenoxy) is 1. The smallest absolute Gasteiger partial charge is 0.289 e. The molecule has 1 saturated carbocycles.